The van der Waals surface area contributed by atoms with E-state index in [0.29, 0.717) is 17.9 Å². The predicted molar refractivity (Wildman–Crippen MR) is 60.1 cm³/mol. The van der Waals surface area contributed by atoms with Crippen molar-refractivity contribution in [3.8, 4) is 5.75 Å². The number of rotatable bonds is 2. The molecule has 0 atom stereocenters. The number of nitrogens with one attached hydrogen (secondary N) is 1. The van der Waals surface area contributed by atoms with Gasteiger partial charge in [0.2, 0.25) is 5.78 Å². The first-order chi connectivity index (χ1) is 8.36. The minimum atomic E-state index is -0.179. The number of carbonyl (C=O) groups is 1. The average molecular weight is 229 g/mol. The molecular weight excluding hydrogens is 218 g/mol. The van der Waals surface area contributed by atoms with Crippen LogP contribution < -0.4 is 4.74 Å². The number of H-pyrrole nitrogens is 1. The predicted octanol–water partition coefficient (Wildman–Crippen LogP) is 1.36. The number of aryl methyl sites for hydroxylation is 1. The topological polar surface area (TPSA) is 67.9 Å². The molecule has 0 amide bonds. The Hall–Kier alpha value is -2.17. The minimum Gasteiger partial charge on any atom is -0.493 e. The zero-order chi connectivity index (χ0) is 11.7. The van der Waals surface area contributed by atoms with Crippen LogP contribution in [0.4, 0.5) is 0 Å². The Labute approximate surface area is 97.8 Å². The second kappa shape index (κ2) is 4.01. The van der Waals surface area contributed by atoms with Crippen molar-refractivity contribution in [3.63, 3.8) is 0 Å². The summed E-state index contributed by atoms with van der Waals surface area (Å²) in [7, 11) is 0. The SMILES string of the molecule is O=C(c1ncn[nH]1)c1cccc2c1OCCC2. The van der Waals surface area contributed by atoms with Crippen molar-refractivity contribution in [3.05, 3.63) is 41.5 Å². The van der Waals surface area contributed by atoms with Crippen molar-refractivity contribution in [2.24, 2.45) is 0 Å². The first-order valence-electron chi connectivity index (χ1n) is 5.51. The van der Waals surface area contributed by atoms with E-state index in [1.165, 1.54) is 6.33 Å². The molecule has 0 saturated heterocycles. The average Bonchev–Trinajstić information content (AvgIpc) is 2.91. The van der Waals surface area contributed by atoms with Crippen molar-refractivity contribution in [1.29, 1.82) is 0 Å². The quantitative estimate of drug-likeness (QED) is 0.789. The van der Waals surface area contributed by atoms with Crippen molar-refractivity contribution >= 4 is 5.78 Å². The Morgan fingerprint density at radius 1 is 1.41 bits per heavy atom. The van der Waals surface area contributed by atoms with Crippen molar-refractivity contribution < 1.29 is 9.53 Å². The molecule has 0 saturated carbocycles. The van der Waals surface area contributed by atoms with E-state index in [1.807, 2.05) is 12.1 Å². The van der Waals surface area contributed by atoms with Gasteiger partial charge in [-0.1, -0.05) is 12.1 Å². The summed E-state index contributed by atoms with van der Waals surface area (Å²) < 4.78 is 5.59. The summed E-state index contributed by atoms with van der Waals surface area (Å²) in [5.74, 6) is 0.758. The maximum Gasteiger partial charge on any atom is 0.233 e. The van der Waals surface area contributed by atoms with Gasteiger partial charge in [0.1, 0.15) is 12.1 Å². The van der Waals surface area contributed by atoms with Crippen molar-refractivity contribution in [1.82, 2.24) is 15.2 Å². The Bertz CT molecular complexity index is 549. The lowest BCUT2D eigenvalue weighted by Crippen LogP contribution is -2.14. The third-order valence-electron chi connectivity index (χ3n) is 2.81. The normalized spacial score (nSPS) is 13.9. The second-order valence-corrected chi connectivity index (χ2v) is 3.91. The van der Waals surface area contributed by atoms with Gasteiger partial charge in [-0.3, -0.25) is 9.89 Å². The van der Waals surface area contributed by atoms with Gasteiger partial charge in [-0.2, -0.15) is 5.10 Å². The molecule has 0 unspecified atom stereocenters. The highest BCUT2D eigenvalue weighted by Gasteiger charge is 2.21. The summed E-state index contributed by atoms with van der Waals surface area (Å²) in [6.07, 6.45) is 3.27. The van der Waals surface area contributed by atoms with Crippen LogP contribution in [0.25, 0.3) is 0 Å². The third kappa shape index (κ3) is 1.69. The summed E-state index contributed by atoms with van der Waals surface area (Å²) in [6, 6.07) is 5.62. The molecule has 1 N–H and O–H groups in total. The van der Waals surface area contributed by atoms with Gasteiger partial charge >= 0.3 is 0 Å². The van der Waals surface area contributed by atoms with Crippen LogP contribution in [0.3, 0.4) is 0 Å². The van der Waals surface area contributed by atoms with Crippen molar-refractivity contribution in [2.75, 3.05) is 6.61 Å². The van der Waals surface area contributed by atoms with Crippen molar-refractivity contribution in [2.45, 2.75) is 12.8 Å². The first-order valence-corrected chi connectivity index (χ1v) is 5.51. The molecule has 3 rings (SSSR count). The smallest absolute Gasteiger partial charge is 0.233 e. The number of nitrogens with zero attached hydrogens (tertiary/aromatic N) is 2. The molecule has 1 aliphatic rings. The van der Waals surface area contributed by atoms with Crippen LogP contribution in [-0.4, -0.2) is 27.6 Å². The molecule has 1 aromatic heterocycles. The summed E-state index contributed by atoms with van der Waals surface area (Å²) in [4.78, 5) is 16.0. The van der Waals surface area contributed by atoms with Gasteiger partial charge in [0.15, 0.2) is 5.82 Å². The summed E-state index contributed by atoms with van der Waals surface area (Å²) >= 11 is 0. The highest BCUT2D eigenvalue weighted by molar-refractivity contribution is 6.08. The number of ketones is 1. The second-order valence-electron chi connectivity index (χ2n) is 3.91. The van der Waals surface area contributed by atoms with E-state index in [0.717, 1.165) is 18.4 Å². The molecule has 0 fully saturated rings. The van der Waals surface area contributed by atoms with E-state index in [4.69, 9.17) is 4.74 Å². The minimum absolute atomic E-state index is 0.179. The van der Waals surface area contributed by atoms with Crippen LogP contribution in [0, 0.1) is 0 Å². The van der Waals surface area contributed by atoms with Gasteiger partial charge in [-0.25, -0.2) is 4.98 Å². The fraction of sp³-hybridized carbons (Fsp3) is 0.250. The molecular formula is C12H11N3O2. The maximum atomic E-state index is 12.2. The summed E-state index contributed by atoms with van der Waals surface area (Å²) in [5.41, 5.74) is 1.64. The lowest BCUT2D eigenvalue weighted by molar-refractivity contribution is 0.102. The lowest BCUT2D eigenvalue weighted by atomic mass is 10.00. The number of aromatic nitrogens is 3. The Morgan fingerprint density at radius 2 is 2.35 bits per heavy atom. The highest BCUT2D eigenvalue weighted by Crippen LogP contribution is 2.29. The zero-order valence-corrected chi connectivity index (χ0v) is 9.14. The van der Waals surface area contributed by atoms with Crippen LogP contribution in [-0.2, 0) is 6.42 Å². The first kappa shape index (κ1) is 10.0. The molecule has 1 aliphatic heterocycles. The molecule has 2 aromatic rings. The van der Waals surface area contributed by atoms with E-state index < -0.39 is 0 Å². The van der Waals surface area contributed by atoms with E-state index in [-0.39, 0.29) is 11.6 Å². The van der Waals surface area contributed by atoms with E-state index in [1.54, 1.807) is 6.07 Å². The van der Waals surface area contributed by atoms with Crippen LogP contribution >= 0.6 is 0 Å². The fourth-order valence-corrected chi connectivity index (χ4v) is 2.01. The molecule has 0 aliphatic carbocycles. The standard InChI is InChI=1S/C12H11N3O2/c16-10(12-13-7-14-15-12)9-5-1-3-8-4-2-6-17-11(8)9/h1,3,5,7H,2,4,6H2,(H,13,14,15). The molecule has 86 valence electrons. The molecule has 5 nitrogen and oxygen atoms in total. The number of aromatic amines is 1. The van der Waals surface area contributed by atoms with E-state index in [2.05, 4.69) is 15.2 Å². The van der Waals surface area contributed by atoms with Crippen LogP contribution in [0.2, 0.25) is 0 Å². The Balaban J connectivity index is 2.06. The molecule has 5 heteroatoms. The molecule has 17 heavy (non-hydrogen) atoms. The number of hydrogen-bond acceptors (Lipinski definition) is 4. The summed E-state index contributed by atoms with van der Waals surface area (Å²) in [5, 5.41) is 6.26. The number of benzene rings is 1. The Kier molecular flexibility index (Phi) is 2.36. The number of carbonyl (C=O) groups excluding carboxylic acids is 1. The van der Waals surface area contributed by atoms with Gasteiger partial charge in [0.05, 0.1) is 12.2 Å². The lowest BCUT2D eigenvalue weighted by Gasteiger charge is -2.19. The monoisotopic (exact) mass is 229 g/mol. The van der Waals surface area contributed by atoms with Gasteiger partial charge in [-0.05, 0) is 24.5 Å². The third-order valence-corrected chi connectivity index (χ3v) is 2.81. The Morgan fingerprint density at radius 3 is 3.18 bits per heavy atom. The maximum absolute atomic E-state index is 12.2. The number of ether oxygens (including phenoxy) is 1. The van der Waals surface area contributed by atoms with Crippen LogP contribution in [0.5, 0.6) is 5.75 Å². The molecule has 0 bridgehead atoms. The molecule has 0 radical (unpaired) electrons. The van der Waals surface area contributed by atoms with Gasteiger partial charge in [-0.15, -0.1) is 0 Å². The van der Waals surface area contributed by atoms with E-state index in [9.17, 15) is 4.79 Å². The fourth-order valence-electron chi connectivity index (χ4n) is 2.01. The van der Waals surface area contributed by atoms with Gasteiger partial charge < -0.3 is 4.74 Å². The zero-order valence-electron chi connectivity index (χ0n) is 9.14. The van der Waals surface area contributed by atoms with Gasteiger partial charge in [0, 0.05) is 0 Å². The number of para-hydroxylation sites is 1. The van der Waals surface area contributed by atoms with Crippen LogP contribution in [0.15, 0.2) is 24.5 Å². The molecule has 1 aromatic carbocycles. The molecule has 0 spiro atoms. The molecule has 2 heterocycles. The number of fused-ring (bicyclic) bond motifs is 1. The largest absolute Gasteiger partial charge is 0.493 e. The highest BCUT2D eigenvalue weighted by atomic mass is 16.5. The van der Waals surface area contributed by atoms with E-state index >= 15 is 0 Å². The summed E-state index contributed by atoms with van der Waals surface area (Å²) in [6.45, 7) is 0.660. The number of hydrogen-bond donors (Lipinski definition) is 1. The van der Waals surface area contributed by atoms with Crippen LogP contribution in [0.1, 0.15) is 28.2 Å². The van der Waals surface area contributed by atoms with Gasteiger partial charge in [0.25, 0.3) is 0 Å².